The van der Waals surface area contributed by atoms with E-state index in [4.69, 9.17) is 5.11 Å². The molecule has 7 heteroatoms. The Hall–Kier alpha value is -3.74. The van der Waals surface area contributed by atoms with Gasteiger partial charge in [-0.15, -0.1) is 0 Å². The van der Waals surface area contributed by atoms with Gasteiger partial charge in [0, 0.05) is 24.6 Å². The van der Waals surface area contributed by atoms with Crippen LogP contribution < -0.4 is 10.6 Å². The molecule has 0 bridgehead atoms. The number of amides is 1. The van der Waals surface area contributed by atoms with Crippen molar-refractivity contribution in [1.29, 1.82) is 0 Å². The summed E-state index contributed by atoms with van der Waals surface area (Å²) in [6.07, 6.45) is 2.89. The summed E-state index contributed by atoms with van der Waals surface area (Å²) in [5.74, 6) is -0.891. The first-order valence-corrected chi connectivity index (χ1v) is 7.86. The number of carbonyl (C=O) groups excluding carboxylic acids is 1. The van der Waals surface area contributed by atoms with E-state index in [2.05, 4.69) is 20.6 Å². The first-order chi connectivity index (χ1) is 12.6. The molecule has 0 aliphatic rings. The molecule has 0 saturated carbocycles. The molecule has 0 unspecified atom stereocenters. The average molecular weight is 348 g/mol. The van der Waals surface area contributed by atoms with Crippen molar-refractivity contribution in [2.45, 2.75) is 6.54 Å². The summed E-state index contributed by atoms with van der Waals surface area (Å²) in [5.41, 5.74) is 2.20. The van der Waals surface area contributed by atoms with Crippen LogP contribution in [0.15, 0.2) is 67.0 Å². The summed E-state index contributed by atoms with van der Waals surface area (Å²) in [4.78, 5) is 31.2. The average Bonchev–Trinajstić information content (AvgIpc) is 2.68. The maximum atomic E-state index is 12.2. The first kappa shape index (κ1) is 17.1. The molecule has 0 aliphatic heterocycles. The minimum Gasteiger partial charge on any atom is -0.478 e. The monoisotopic (exact) mass is 348 g/mol. The molecule has 0 aliphatic carbocycles. The molecule has 0 atom stereocenters. The lowest BCUT2D eigenvalue weighted by molar-refractivity contribution is 0.0696. The van der Waals surface area contributed by atoms with Crippen LogP contribution in [0.1, 0.15) is 26.3 Å². The van der Waals surface area contributed by atoms with Gasteiger partial charge in [0.1, 0.15) is 0 Å². The number of aromatic carboxylic acids is 1. The lowest BCUT2D eigenvalue weighted by atomic mass is 10.1. The van der Waals surface area contributed by atoms with Crippen molar-refractivity contribution >= 4 is 23.5 Å². The number of carboxylic acid groups (broad SMARTS) is 1. The number of carboxylic acids is 1. The molecule has 1 aromatic heterocycles. The number of anilines is 2. The van der Waals surface area contributed by atoms with Crippen LogP contribution in [0.3, 0.4) is 0 Å². The fourth-order valence-corrected chi connectivity index (χ4v) is 2.21. The standard InChI is InChI=1S/C19H16N4O3/c24-17(20-10-13-6-8-14(9-7-13)18(25)26)15-11-21-19(22-12-15)23-16-4-2-1-3-5-16/h1-9,11-12H,10H2,(H,20,24)(H,25,26)(H,21,22,23). The Bertz CT molecular complexity index is 894. The third-order valence-electron chi connectivity index (χ3n) is 3.60. The molecule has 26 heavy (non-hydrogen) atoms. The molecule has 130 valence electrons. The highest BCUT2D eigenvalue weighted by Gasteiger charge is 2.08. The van der Waals surface area contributed by atoms with Gasteiger partial charge in [0.25, 0.3) is 5.91 Å². The molecule has 0 spiro atoms. The van der Waals surface area contributed by atoms with Crippen LogP contribution in [0.2, 0.25) is 0 Å². The Morgan fingerprint density at radius 2 is 1.54 bits per heavy atom. The Labute approximate surface area is 149 Å². The van der Waals surface area contributed by atoms with Gasteiger partial charge in [-0.3, -0.25) is 4.79 Å². The van der Waals surface area contributed by atoms with Crippen LogP contribution in [0.25, 0.3) is 0 Å². The van der Waals surface area contributed by atoms with Gasteiger partial charge >= 0.3 is 5.97 Å². The zero-order valence-corrected chi connectivity index (χ0v) is 13.7. The topological polar surface area (TPSA) is 104 Å². The van der Waals surface area contributed by atoms with Crippen molar-refractivity contribution in [3.05, 3.63) is 83.7 Å². The van der Waals surface area contributed by atoms with Crippen LogP contribution in [-0.4, -0.2) is 27.0 Å². The van der Waals surface area contributed by atoms with Crippen molar-refractivity contribution < 1.29 is 14.7 Å². The highest BCUT2D eigenvalue weighted by molar-refractivity contribution is 5.93. The minimum atomic E-state index is -0.984. The van der Waals surface area contributed by atoms with Crippen molar-refractivity contribution in [3.8, 4) is 0 Å². The minimum absolute atomic E-state index is 0.204. The van der Waals surface area contributed by atoms with Crippen molar-refractivity contribution in [1.82, 2.24) is 15.3 Å². The highest BCUT2D eigenvalue weighted by Crippen LogP contribution is 2.11. The largest absolute Gasteiger partial charge is 0.478 e. The van der Waals surface area contributed by atoms with Crippen molar-refractivity contribution in [2.75, 3.05) is 5.32 Å². The van der Waals surface area contributed by atoms with Gasteiger partial charge in [0.05, 0.1) is 11.1 Å². The normalized spacial score (nSPS) is 10.2. The van der Waals surface area contributed by atoms with Crippen LogP contribution in [-0.2, 0) is 6.54 Å². The quantitative estimate of drug-likeness (QED) is 0.633. The van der Waals surface area contributed by atoms with Gasteiger partial charge in [-0.05, 0) is 29.8 Å². The van der Waals surface area contributed by atoms with Crippen molar-refractivity contribution in [3.63, 3.8) is 0 Å². The molecule has 3 N–H and O–H groups in total. The molecule has 1 amide bonds. The molecule has 0 radical (unpaired) electrons. The van der Waals surface area contributed by atoms with E-state index in [0.717, 1.165) is 11.3 Å². The molecular weight excluding hydrogens is 332 g/mol. The smallest absolute Gasteiger partial charge is 0.335 e. The van der Waals surface area contributed by atoms with Gasteiger partial charge in [0.15, 0.2) is 0 Å². The second-order valence-electron chi connectivity index (χ2n) is 5.47. The second kappa shape index (κ2) is 7.89. The molecule has 3 aromatic rings. The molecule has 3 rings (SSSR count). The molecular formula is C19H16N4O3. The fraction of sp³-hybridized carbons (Fsp3) is 0.0526. The van der Waals surface area contributed by atoms with E-state index in [1.54, 1.807) is 12.1 Å². The molecule has 0 fully saturated rings. The zero-order chi connectivity index (χ0) is 18.4. The highest BCUT2D eigenvalue weighted by atomic mass is 16.4. The number of carbonyl (C=O) groups is 2. The number of benzene rings is 2. The van der Waals surface area contributed by atoms with E-state index in [9.17, 15) is 9.59 Å². The first-order valence-electron chi connectivity index (χ1n) is 7.86. The van der Waals surface area contributed by atoms with E-state index < -0.39 is 5.97 Å². The van der Waals surface area contributed by atoms with E-state index in [-0.39, 0.29) is 18.0 Å². The third kappa shape index (κ3) is 4.41. The van der Waals surface area contributed by atoms with Gasteiger partial charge < -0.3 is 15.7 Å². The summed E-state index contributed by atoms with van der Waals surface area (Å²) < 4.78 is 0. The molecule has 7 nitrogen and oxygen atoms in total. The third-order valence-corrected chi connectivity index (χ3v) is 3.60. The fourth-order valence-electron chi connectivity index (χ4n) is 2.21. The lowest BCUT2D eigenvalue weighted by Gasteiger charge is -2.07. The number of hydrogen-bond donors (Lipinski definition) is 3. The van der Waals surface area contributed by atoms with Crippen LogP contribution in [0.5, 0.6) is 0 Å². The molecule has 1 heterocycles. The summed E-state index contributed by atoms with van der Waals surface area (Å²) >= 11 is 0. The van der Waals surface area contributed by atoms with E-state index in [0.29, 0.717) is 11.5 Å². The lowest BCUT2D eigenvalue weighted by Crippen LogP contribution is -2.23. The summed E-state index contributed by atoms with van der Waals surface area (Å²) in [6, 6.07) is 15.8. The Morgan fingerprint density at radius 1 is 0.885 bits per heavy atom. The summed E-state index contributed by atoms with van der Waals surface area (Å²) in [5, 5.41) is 14.7. The van der Waals surface area contributed by atoms with E-state index >= 15 is 0 Å². The number of nitrogens with one attached hydrogen (secondary N) is 2. The predicted octanol–water partition coefficient (Wildman–Crippen LogP) is 2.85. The number of para-hydroxylation sites is 1. The number of nitrogens with zero attached hydrogens (tertiary/aromatic N) is 2. The Balaban J connectivity index is 1.57. The number of rotatable bonds is 6. The Kier molecular flexibility index (Phi) is 5.19. The van der Waals surface area contributed by atoms with Crippen LogP contribution >= 0.6 is 0 Å². The molecule has 0 saturated heterocycles. The maximum Gasteiger partial charge on any atom is 0.335 e. The van der Waals surface area contributed by atoms with E-state index in [1.807, 2.05) is 30.3 Å². The number of hydrogen-bond acceptors (Lipinski definition) is 5. The predicted molar refractivity (Wildman–Crippen MR) is 96.3 cm³/mol. The summed E-state index contributed by atoms with van der Waals surface area (Å²) in [7, 11) is 0. The number of aromatic nitrogens is 2. The van der Waals surface area contributed by atoms with Gasteiger partial charge in [-0.25, -0.2) is 14.8 Å². The van der Waals surface area contributed by atoms with Crippen LogP contribution in [0, 0.1) is 0 Å². The Morgan fingerprint density at radius 3 is 2.15 bits per heavy atom. The maximum absolute atomic E-state index is 12.2. The molecule has 2 aromatic carbocycles. The second-order valence-corrected chi connectivity index (χ2v) is 5.47. The van der Waals surface area contributed by atoms with Gasteiger partial charge in [-0.2, -0.15) is 0 Å². The summed E-state index contributed by atoms with van der Waals surface area (Å²) in [6.45, 7) is 0.281. The van der Waals surface area contributed by atoms with Crippen molar-refractivity contribution in [2.24, 2.45) is 0 Å². The SMILES string of the molecule is O=C(O)c1ccc(CNC(=O)c2cnc(Nc3ccccc3)nc2)cc1. The van der Waals surface area contributed by atoms with Gasteiger partial charge in [0.2, 0.25) is 5.95 Å². The van der Waals surface area contributed by atoms with Crippen LogP contribution in [0.4, 0.5) is 11.6 Å². The zero-order valence-electron chi connectivity index (χ0n) is 13.7. The van der Waals surface area contributed by atoms with E-state index in [1.165, 1.54) is 24.5 Å². The van der Waals surface area contributed by atoms with Gasteiger partial charge in [-0.1, -0.05) is 30.3 Å².